The molecule has 3 rings (SSSR count). The fourth-order valence-corrected chi connectivity index (χ4v) is 4.81. The van der Waals surface area contributed by atoms with Crippen molar-refractivity contribution in [3.05, 3.63) is 89.5 Å². The van der Waals surface area contributed by atoms with E-state index in [9.17, 15) is 17.6 Å². The van der Waals surface area contributed by atoms with E-state index in [-0.39, 0.29) is 27.9 Å². The van der Waals surface area contributed by atoms with Crippen LogP contribution in [0.4, 0.5) is 10.1 Å². The Morgan fingerprint density at radius 3 is 2.60 bits per heavy atom. The molecule has 0 aliphatic heterocycles. The highest BCUT2D eigenvalue weighted by Crippen LogP contribution is 2.20. The van der Waals surface area contributed by atoms with Crippen LogP contribution in [-0.2, 0) is 16.3 Å². The van der Waals surface area contributed by atoms with Crippen LogP contribution in [0, 0.1) is 18.7 Å². The maximum Gasteiger partial charge on any atom is 0.255 e. The van der Waals surface area contributed by atoms with Crippen LogP contribution in [0.1, 0.15) is 28.5 Å². The molecule has 0 fully saturated rings. The van der Waals surface area contributed by atoms with Gasteiger partial charge >= 0.3 is 0 Å². The number of aromatic nitrogens is 1. The summed E-state index contributed by atoms with van der Waals surface area (Å²) in [5.74, 6) is -1.00. The van der Waals surface area contributed by atoms with Crippen molar-refractivity contribution in [2.24, 2.45) is 5.92 Å². The number of sulfone groups is 1. The molecule has 30 heavy (non-hydrogen) atoms. The monoisotopic (exact) mass is 426 g/mol. The van der Waals surface area contributed by atoms with Crippen molar-refractivity contribution >= 4 is 21.4 Å². The normalized spacial score (nSPS) is 12.4. The average Bonchev–Trinajstić information content (AvgIpc) is 2.71. The Bertz CT molecular complexity index is 1150. The van der Waals surface area contributed by atoms with Crippen molar-refractivity contribution in [1.82, 2.24) is 4.98 Å². The summed E-state index contributed by atoms with van der Waals surface area (Å²) in [6.07, 6.45) is 2.23. The van der Waals surface area contributed by atoms with Crippen LogP contribution in [0.25, 0.3) is 0 Å². The van der Waals surface area contributed by atoms with Gasteiger partial charge in [0.05, 0.1) is 10.6 Å². The van der Waals surface area contributed by atoms with Crippen molar-refractivity contribution < 1.29 is 17.6 Å². The smallest absolute Gasteiger partial charge is 0.255 e. The van der Waals surface area contributed by atoms with Gasteiger partial charge in [0.25, 0.3) is 5.91 Å². The third kappa shape index (κ3) is 5.51. The molecule has 1 unspecified atom stereocenters. The van der Waals surface area contributed by atoms with Crippen molar-refractivity contribution in [3.63, 3.8) is 0 Å². The van der Waals surface area contributed by atoms with E-state index in [1.165, 1.54) is 30.3 Å². The predicted octanol–water partition coefficient (Wildman–Crippen LogP) is 4.43. The summed E-state index contributed by atoms with van der Waals surface area (Å²) in [4.78, 5) is 16.9. The van der Waals surface area contributed by atoms with E-state index in [1.807, 2.05) is 25.1 Å². The first-order chi connectivity index (χ1) is 14.2. The molecule has 0 spiro atoms. The Balaban J connectivity index is 1.72. The summed E-state index contributed by atoms with van der Waals surface area (Å²) >= 11 is 0. The highest BCUT2D eigenvalue weighted by molar-refractivity contribution is 7.91. The van der Waals surface area contributed by atoms with E-state index in [1.54, 1.807) is 25.3 Å². The highest BCUT2D eigenvalue weighted by Gasteiger charge is 2.20. The van der Waals surface area contributed by atoms with Gasteiger partial charge in [0.2, 0.25) is 0 Å². The van der Waals surface area contributed by atoms with Gasteiger partial charge in [0.1, 0.15) is 5.82 Å². The average molecular weight is 427 g/mol. The topological polar surface area (TPSA) is 76.1 Å². The van der Waals surface area contributed by atoms with E-state index >= 15 is 0 Å². The molecule has 1 atom stereocenters. The van der Waals surface area contributed by atoms with E-state index in [4.69, 9.17) is 0 Å². The number of hydrogen-bond acceptors (Lipinski definition) is 4. The first kappa shape index (κ1) is 21.6. The van der Waals surface area contributed by atoms with Crippen molar-refractivity contribution in [2.75, 3.05) is 11.1 Å². The van der Waals surface area contributed by atoms with Crippen LogP contribution in [-0.4, -0.2) is 25.1 Å². The Kier molecular flexibility index (Phi) is 6.62. The Morgan fingerprint density at radius 1 is 1.10 bits per heavy atom. The number of aryl methyl sites for hydroxylation is 1. The molecular formula is C23H23FN2O3S. The van der Waals surface area contributed by atoms with Gasteiger partial charge in [-0.2, -0.15) is 0 Å². The lowest BCUT2D eigenvalue weighted by Gasteiger charge is -2.13. The zero-order valence-corrected chi connectivity index (χ0v) is 17.6. The van der Waals surface area contributed by atoms with Crippen molar-refractivity contribution in [3.8, 4) is 0 Å². The Hall–Kier alpha value is -3.06. The fraction of sp³-hybridized carbons (Fsp3) is 0.217. The van der Waals surface area contributed by atoms with E-state index in [2.05, 4.69) is 10.3 Å². The van der Waals surface area contributed by atoms with Crippen LogP contribution >= 0.6 is 0 Å². The molecule has 1 heterocycles. The second kappa shape index (κ2) is 9.17. The second-order valence-corrected chi connectivity index (χ2v) is 9.39. The number of nitrogens with one attached hydrogen (secondary N) is 1. The number of halogens is 1. The van der Waals surface area contributed by atoms with Gasteiger partial charge in [-0.15, -0.1) is 0 Å². The third-order valence-electron chi connectivity index (χ3n) is 4.66. The maximum absolute atomic E-state index is 13.4. The predicted molar refractivity (Wildman–Crippen MR) is 115 cm³/mol. The number of anilines is 1. The minimum Gasteiger partial charge on any atom is -0.322 e. The SMILES string of the molecule is Cc1cc(NC(=O)c2cccc(S(=O)(=O)CC(C)Cc3ccccn3)c2)ccc1F. The lowest BCUT2D eigenvalue weighted by atomic mass is 10.1. The van der Waals surface area contributed by atoms with Gasteiger partial charge in [-0.3, -0.25) is 9.78 Å². The van der Waals surface area contributed by atoms with Crippen LogP contribution < -0.4 is 5.32 Å². The lowest BCUT2D eigenvalue weighted by Crippen LogP contribution is -2.18. The van der Waals surface area contributed by atoms with E-state index in [0.29, 0.717) is 17.7 Å². The minimum atomic E-state index is -3.58. The summed E-state index contributed by atoms with van der Waals surface area (Å²) in [6.45, 7) is 3.46. The zero-order chi connectivity index (χ0) is 21.7. The first-order valence-electron chi connectivity index (χ1n) is 9.55. The molecule has 0 saturated heterocycles. The Labute approximate surface area is 175 Å². The molecule has 1 amide bonds. The number of hydrogen-bond donors (Lipinski definition) is 1. The quantitative estimate of drug-likeness (QED) is 0.606. The number of amides is 1. The van der Waals surface area contributed by atoms with E-state index < -0.39 is 15.7 Å². The molecule has 3 aromatic rings. The summed E-state index contributed by atoms with van der Waals surface area (Å²) in [5.41, 5.74) is 1.90. The largest absolute Gasteiger partial charge is 0.322 e. The fourth-order valence-electron chi connectivity index (χ4n) is 3.16. The van der Waals surface area contributed by atoms with E-state index in [0.717, 1.165) is 5.69 Å². The van der Waals surface area contributed by atoms with Gasteiger partial charge in [0, 0.05) is 23.1 Å². The molecule has 0 radical (unpaired) electrons. The van der Waals surface area contributed by atoms with Crippen LogP contribution in [0.2, 0.25) is 0 Å². The van der Waals surface area contributed by atoms with Crippen molar-refractivity contribution in [1.29, 1.82) is 0 Å². The molecule has 0 saturated carbocycles. The first-order valence-corrected chi connectivity index (χ1v) is 11.2. The number of carbonyl (C=O) groups excluding carboxylic acids is 1. The number of rotatable bonds is 7. The molecule has 1 aromatic heterocycles. The minimum absolute atomic E-state index is 0.0498. The van der Waals surface area contributed by atoms with Gasteiger partial charge in [-0.05, 0) is 73.4 Å². The summed E-state index contributed by atoms with van der Waals surface area (Å²) in [7, 11) is -3.58. The molecule has 7 heteroatoms. The maximum atomic E-state index is 13.4. The molecular weight excluding hydrogens is 403 g/mol. The van der Waals surface area contributed by atoms with Crippen molar-refractivity contribution in [2.45, 2.75) is 25.2 Å². The highest BCUT2D eigenvalue weighted by atomic mass is 32.2. The molecule has 1 N–H and O–H groups in total. The summed E-state index contributed by atoms with van der Waals surface area (Å²) in [5, 5.41) is 2.67. The summed E-state index contributed by atoms with van der Waals surface area (Å²) < 4.78 is 39.1. The summed E-state index contributed by atoms with van der Waals surface area (Å²) in [6, 6.07) is 15.7. The van der Waals surface area contributed by atoms with Crippen LogP contribution in [0.15, 0.2) is 71.8 Å². The molecule has 2 aromatic carbocycles. The molecule has 0 aliphatic carbocycles. The number of pyridine rings is 1. The van der Waals surface area contributed by atoms with Gasteiger partial charge in [0.15, 0.2) is 9.84 Å². The lowest BCUT2D eigenvalue weighted by molar-refractivity contribution is 0.102. The van der Waals surface area contributed by atoms with Gasteiger partial charge in [-0.25, -0.2) is 12.8 Å². The molecule has 0 aliphatic rings. The zero-order valence-electron chi connectivity index (χ0n) is 16.8. The van der Waals surface area contributed by atoms with Gasteiger partial charge < -0.3 is 5.32 Å². The standard InChI is InChI=1S/C23H23FN2O3S/c1-16(12-19-7-3-4-11-25-19)15-30(28,29)21-8-5-6-18(14-21)23(27)26-20-9-10-22(24)17(2)13-20/h3-11,13-14,16H,12,15H2,1-2H3,(H,26,27). The molecule has 0 bridgehead atoms. The number of benzene rings is 2. The van der Waals surface area contributed by atoms with Gasteiger partial charge in [-0.1, -0.05) is 19.1 Å². The number of nitrogens with zero attached hydrogens (tertiary/aromatic N) is 1. The second-order valence-electron chi connectivity index (χ2n) is 7.36. The molecule has 5 nitrogen and oxygen atoms in total. The van der Waals surface area contributed by atoms with Crippen LogP contribution in [0.5, 0.6) is 0 Å². The number of carbonyl (C=O) groups is 1. The molecule has 156 valence electrons. The third-order valence-corrected chi connectivity index (χ3v) is 6.64. The Morgan fingerprint density at radius 2 is 1.90 bits per heavy atom. The van der Waals surface area contributed by atoms with Crippen LogP contribution in [0.3, 0.4) is 0 Å².